The molecule has 0 saturated heterocycles. The quantitative estimate of drug-likeness (QED) is 0.891. The van der Waals surface area contributed by atoms with Crippen LogP contribution in [0.15, 0.2) is 24.3 Å². The smallest absolute Gasteiger partial charge is 0.123 e. The minimum atomic E-state index is -0.160. The highest BCUT2D eigenvalue weighted by Gasteiger charge is 2.33. The van der Waals surface area contributed by atoms with Crippen molar-refractivity contribution < 1.29 is 4.39 Å². The molecule has 0 aromatic heterocycles. The molecule has 0 amide bonds. The molecule has 0 heterocycles. The zero-order chi connectivity index (χ0) is 15.4. The Balaban J connectivity index is 2.03. The third-order valence-electron chi connectivity index (χ3n) is 5.08. The molecule has 1 N–H and O–H groups in total. The number of hydrogen-bond donors (Lipinski definition) is 1. The maximum Gasteiger partial charge on any atom is 0.123 e. The Hall–Kier alpha value is -0.930. The van der Waals surface area contributed by atoms with Gasteiger partial charge in [-0.25, -0.2) is 4.39 Å². The zero-order valence-electron chi connectivity index (χ0n) is 13.8. The van der Waals surface area contributed by atoms with Crippen molar-refractivity contribution in [1.82, 2.24) is 10.2 Å². The van der Waals surface area contributed by atoms with E-state index in [1.54, 1.807) is 12.1 Å². The highest BCUT2D eigenvalue weighted by atomic mass is 19.1. The molecule has 0 aliphatic heterocycles. The normalized spacial score (nSPS) is 26.5. The van der Waals surface area contributed by atoms with Gasteiger partial charge in [0.1, 0.15) is 5.82 Å². The molecule has 0 spiro atoms. The summed E-state index contributed by atoms with van der Waals surface area (Å²) in [5.74, 6) is 1.41. The van der Waals surface area contributed by atoms with Crippen molar-refractivity contribution in [3.05, 3.63) is 35.6 Å². The van der Waals surface area contributed by atoms with Crippen LogP contribution in [0, 0.1) is 17.7 Å². The van der Waals surface area contributed by atoms with Crippen LogP contribution >= 0.6 is 0 Å². The van der Waals surface area contributed by atoms with E-state index in [9.17, 15) is 4.39 Å². The summed E-state index contributed by atoms with van der Waals surface area (Å²) in [6, 6.07) is 8.01. The number of halogens is 1. The first-order chi connectivity index (χ1) is 10.0. The van der Waals surface area contributed by atoms with Crippen molar-refractivity contribution in [3.8, 4) is 0 Å². The van der Waals surface area contributed by atoms with Crippen molar-refractivity contribution in [1.29, 1.82) is 0 Å². The maximum atomic E-state index is 13.0. The van der Waals surface area contributed by atoms with Crippen LogP contribution < -0.4 is 5.32 Å². The molecule has 1 saturated carbocycles. The van der Waals surface area contributed by atoms with Gasteiger partial charge in [-0.05, 0) is 62.9 Å². The highest BCUT2D eigenvalue weighted by Crippen LogP contribution is 2.32. The van der Waals surface area contributed by atoms with Crippen LogP contribution in [0.2, 0.25) is 0 Å². The molecule has 3 atom stereocenters. The summed E-state index contributed by atoms with van der Waals surface area (Å²) < 4.78 is 13.0. The van der Waals surface area contributed by atoms with Crippen molar-refractivity contribution in [3.63, 3.8) is 0 Å². The van der Waals surface area contributed by atoms with Gasteiger partial charge in [0.15, 0.2) is 0 Å². The molecule has 0 radical (unpaired) electrons. The van der Waals surface area contributed by atoms with Crippen LogP contribution in [0.5, 0.6) is 0 Å². The van der Waals surface area contributed by atoms with E-state index < -0.39 is 0 Å². The molecule has 21 heavy (non-hydrogen) atoms. The molecule has 1 aliphatic carbocycles. The Morgan fingerprint density at radius 3 is 2.48 bits per heavy atom. The Morgan fingerprint density at radius 2 is 1.90 bits per heavy atom. The molecule has 0 bridgehead atoms. The van der Waals surface area contributed by atoms with Gasteiger partial charge in [0.2, 0.25) is 0 Å². The molecule has 118 valence electrons. The number of likely N-dealkylation sites (N-methyl/N-ethyl adjacent to an activating group) is 2. The first-order valence-electron chi connectivity index (χ1n) is 8.13. The van der Waals surface area contributed by atoms with Crippen LogP contribution in [-0.4, -0.2) is 31.1 Å². The lowest BCUT2D eigenvalue weighted by molar-refractivity contribution is 0.101. The van der Waals surface area contributed by atoms with E-state index in [4.69, 9.17) is 0 Å². The lowest BCUT2D eigenvalue weighted by atomic mass is 9.76. The number of nitrogens with one attached hydrogen (secondary N) is 1. The second-order valence-electron chi connectivity index (χ2n) is 6.82. The van der Waals surface area contributed by atoms with Crippen LogP contribution in [0.1, 0.15) is 38.7 Å². The van der Waals surface area contributed by atoms with Gasteiger partial charge < -0.3 is 5.32 Å². The zero-order valence-corrected chi connectivity index (χ0v) is 13.8. The van der Waals surface area contributed by atoms with Crippen LogP contribution in [0.3, 0.4) is 0 Å². The first-order valence-corrected chi connectivity index (χ1v) is 8.13. The van der Waals surface area contributed by atoms with E-state index >= 15 is 0 Å². The largest absolute Gasteiger partial charge is 0.315 e. The molecule has 1 fully saturated rings. The molecule has 1 aromatic rings. The fourth-order valence-corrected chi connectivity index (χ4v) is 3.60. The third-order valence-corrected chi connectivity index (χ3v) is 5.08. The van der Waals surface area contributed by atoms with Crippen LogP contribution in [0.25, 0.3) is 0 Å². The van der Waals surface area contributed by atoms with Gasteiger partial charge in [-0.15, -0.1) is 0 Å². The molecule has 2 nitrogen and oxygen atoms in total. The molecule has 1 aliphatic rings. The van der Waals surface area contributed by atoms with Crippen molar-refractivity contribution in [2.75, 3.05) is 14.1 Å². The Morgan fingerprint density at radius 1 is 1.24 bits per heavy atom. The van der Waals surface area contributed by atoms with Crippen molar-refractivity contribution in [2.24, 2.45) is 11.8 Å². The average Bonchev–Trinajstić information content (AvgIpc) is 2.48. The highest BCUT2D eigenvalue weighted by molar-refractivity contribution is 5.16. The SMILES string of the molecule is CNC1CCC(C(C)C)CC1N(C)Cc1ccc(F)cc1. The monoisotopic (exact) mass is 292 g/mol. The molecule has 2 rings (SSSR count). The summed E-state index contributed by atoms with van der Waals surface area (Å²) in [7, 11) is 4.26. The van der Waals surface area contributed by atoms with E-state index in [-0.39, 0.29) is 5.82 Å². The molecular formula is C18H29FN2. The second kappa shape index (κ2) is 7.37. The van der Waals surface area contributed by atoms with Crippen molar-refractivity contribution >= 4 is 0 Å². The van der Waals surface area contributed by atoms with E-state index in [1.807, 2.05) is 12.1 Å². The predicted molar refractivity (Wildman–Crippen MR) is 86.7 cm³/mol. The summed E-state index contributed by atoms with van der Waals surface area (Å²) in [4.78, 5) is 2.43. The summed E-state index contributed by atoms with van der Waals surface area (Å²) >= 11 is 0. The Kier molecular flexibility index (Phi) is 5.77. The topological polar surface area (TPSA) is 15.3 Å². The molecule has 3 heteroatoms. The van der Waals surface area contributed by atoms with Gasteiger partial charge in [0.05, 0.1) is 0 Å². The number of rotatable bonds is 5. The van der Waals surface area contributed by atoms with Crippen LogP contribution in [-0.2, 0) is 6.54 Å². The fourth-order valence-electron chi connectivity index (χ4n) is 3.60. The van der Waals surface area contributed by atoms with E-state index in [0.717, 1.165) is 18.4 Å². The van der Waals surface area contributed by atoms with Gasteiger partial charge in [0.25, 0.3) is 0 Å². The fraction of sp³-hybridized carbons (Fsp3) is 0.667. The van der Waals surface area contributed by atoms with Crippen LogP contribution in [0.4, 0.5) is 4.39 Å². The maximum absolute atomic E-state index is 13.0. The lowest BCUT2D eigenvalue weighted by Crippen LogP contribution is -2.51. The lowest BCUT2D eigenvalue weighted by Gasteiger charge is -2.42. The Bertz CT molecular complexity index is 429. The molecular weight excluding hydrogens is 263 g/mol. The minimum absolute atomic E-state index is 0.160. The number of hydrogen-bond acceptors (Lipinski definition) is 2. The van der Waals surface area contributed by atoms with E-state index in [2.05, 4.69) is 38.2 Å². The van der Waals surface area contributed by atoms with E-state index in [0.29, 0.717) is 12.1 Å². The molecule has 3 unspecified atom stereocenters. The van der Waals surface area contributed by atoms with Gasteiger partial charge in [-0.1, -0.05) is 26.0 Å². The van der Waals surface area contributed by atoms with Gasteiger partial charge in [-0.3, -0.25) is 4.90 Å². The predicted octanol–water partition coefficient (Wildman–Crippen LogP) is 3.67. The minimum Gasteiger partial charge on any atom is -0.315 e. The standard InChI is InChI=1S/C18H29FN2/c1-13(2)15-7-10-17(20-3)18(11-15)21(4)12-14-5-8-16(19)9-6-14/h5-6,8-9,13,15,17-18,20H,7,10-12H2,1-4H3. The Labute approximate surface area is 128 Å². The second-order valence-corrected chi connectivity index (χ2v) is 6.82. The van der Waals surface area contributed by atoms with Gasteiger partial charge in [-0.2, -0.15) is 0 Å². The number of nitrogens with zero attached hydrogens (tertiary/aromatic N) is 1. The molecule has 1 aromatic carbocycles. The summed E-state index contributed by atoms with van der Waals surface area (Å²) in [6.45, 7) is 5.55. The van der Waals surface area contributed by atoms with Gasteiger partial charge >= 0.3 is 0 Å². The summed E-state index contributed by atoms with van der Waals surface area (Å²) in [6.07, 6.45) is 3.82. The van der Waals surface area contributed by atoms with E-state index in [1.165, 1.54) is 24.8 Å². The van der Waals surface area contributed by atoms with Gasteiger partial charge in [0, 0.05) is 18.6 Å². The summed E-state index contributed by atoms with van der Waals surface area (Å²) in [5, 5.41) is 3.49. The van der Waals surface area contributed by atoms with Crippen molar-refractivity contribution in [2.45, 2.75) is 51.7 Å². The first kappa shape index (κ1) is 16.4. The number of benzene rings is 1. The third kappa shape index (κ3) is 4.27. The average molecular weight is 292 g/mol. The summed E-state index contributed by atoms with van der Waals surface area (Å²) in [5.41, 5.74) is 1.18.